The minimum absolute atomic E-state index is 0.0212. The standard InChI is InChI=1S/C12H8ClF2N3O2S/c13-6-1-2-7-5(3-6)4-8(20-7)10(19)16-12-18-17-11(21-12)9(14)15/h1-3,8-9H,4H2,(H,16,18,19). The van der Waals surface area contributed by atoms with Crippen molar-refractivity contribution in [3.63, 3.8) is 0 Å². The van der Waals surface area contributed by atoms with Crippen LogP contribution in [0.15, 0.2) is 18.2 Å². The molecule has 0 bridgehead atoms. The number of aromatic nitrogens is 2. The van der Waals surface area contributed by atoms with Crippen LogP contribution in [0.3, 0.4) is 0 Å². The van der Waals surface area contributed by atoms with Gasteiger partial charge in [0.1, 0.15) is 5.75 Å². The fourth-order valence-electron chi connectivity index (χ4n) is 1.92. The minimum atomic E-state index is -2.71. The Morgan fingerprint density at radius 1 is 1.48 bits per heavy atom. The second kappa shape index (κ2) is 5.53. The fourth-order valence-corrected chi connectivity index (χ4v) is 2.72. The Kier molecular flexibility index (Phi) is 3.73. The summed E-state index contributed by atoms with van der Waals surface area (Å²) in [6, 6.07) is 5.08. The molecule has 2 aromatic rings. The molecule has 0 fully saturated rings. The molecule has 5 nitrogen and oxygen atoms in total. The van der Waals surface area contributed by atoms with Crippen LogP contribution in [0.2, 0.25) is 5.02 Å². The lowest BCUT2D eigenvalue weighted by Gasteiger charge is -2.08. The first-order valence-corrected chi connectivity index (χ1v) is 7.10. The quantitative estimate of drug-likeness (QED) is 0.938. The minimum Gasteiger partial charge on any atom is -0.480 e. The highest BCUT2D eigenvalue weighted by atomic mass is 35.5. The third kappa shape index (κ3) is 2.96. The van der Waals surface area contributed by atoms with E-state index in [0.717, 1.165) is 5.56 Å². The number of hydrogen-bond acceptors (Lipinski definition) is 5. The zero-order valence-electron chi connectivity index (χ0n) is 10.3. The maximum atomic E-state index is 12.4. The molecule has 1 unspecified atom stereocenters. The highest BCUT2D eigenvalue weighted by Gasteiger charge is 2.30. The molecule has 0 saturated heterocycles. The molecular formula is C12H8ClF2N3O2S. The van der Waals surface area contributed by atoms with Gasteiger partial charge in [-0.15, -0.1) is 10.2 Å². The summed E-state index contributed by atoms with van der Waals surface area (Å²) in [5, 5.41) is 9.35. The lowest BCUT2D eigenvalue weighted by atomic mass is 10.1. The number of ether oxygens (including phenoxy) is 1. The van der Waals surface area contributed by atoms with E-state index < -0.39 is 23.4 Å². The zero-order chi connectivity index (χ0) is 15.0. The molecule has 1 amide bonds. The van der Waals surface area contributed by atoms with Crippen LogP contribution in [0, 0.1) is 0 Å². The van der Waals surface area contributed by atoms with E-state index in [2.05, 4.69) is 15.5 Å². The number of benzene rings is 1. The Balaban J connectivity index is 1.67. The van der Waals surface area contributed by atoms with Gasteiger partial charge in [0.25, 0.3) is 12.3 Å². The molecule has 1 aliphatic rings. The van der Waals surface area contributed by atoms with E-state index in [4.69, 9.17) is 16.3 Å². The molecule has 110 valence electrons. The Morgan fingerprint density at radius 2 is 2.29 bits per heavy atom. The third-order valence-electron chi connectivity index (χ3n) is 2.85. The molecule has 3 rings (SSSR count). The monoisotopic (exact) mass is 331 g/mol. The topological polar surface area (TPSA) is 64.1 Å². The first-order chi connectivity index (χ1) is 10.0. The third-order valence-corrected chi connectivity index (χ3v) is 3.93. The van der Waals surface area contributed by atoms with Crippen molar-refractivity contribution >= 4 is 34.0 Å². The molecule has 21 heavy (non-hydrogen) atoms. The summed E-state index contributed by atoms with van der Waals surface area (Å²) < 4.78 is 30.3. The van der Waals surface area contributed by atoms with Crippen molar-refractivity contribution in [1.29, 1.82) is 0 Å². The Bertz CT molecular complexity index is 695. The average molecular weight is 332 g/mol. The second-order valence-corrected chi connectivity index (χ2v) is 5.74. The van der Waals surface area contributed by atoms with Gasteiger partial charge in [-0.05, 0) is 23.8 Å². The highest BCUT2D eigenvalue weighted by Crippen LogP contribution is 2.32. The van der Waals surface area contributed by atoms with Crippen LogP contribution in [0.1, 0.15) is 17.0 Å². The van der Waals surface area contributed by atoms with Gasteiger partial charge >= 0.3 is 0 Å². The number of hydrogen-bond donors (Lipinski definition) is 1. The van der Waals surface area contributed by atoms with E-state index in [1.807, 2.05) is 0 Å². The van der Waals surface area contributed by atoms with Gasteiger partial charge in [-0.3, -0.25) is 10.1 Å². The van der Waals surface area contributed by atoms with E-state index in [1.165, 1.54) is 0 Å². The summed E-state index contributed by atoms with van der Waals surface area (Å²) in [5.41, 5.74) is 0.827. The SMILES string of the molecule is O=C(Nc1nnc(C(F)F)s1)C1Cc2cc(Cl)ccc2O1. The van der Waals surface area contributed by atoms with E-state index in [9.17, 15) is 13.6 Å². The van der Waals surface area contributed by atoms with Crippen LogP contribution < -0.4 is 10.1 Å². The molecule has 1 aromatic carbocycles. The van der Waals surface area contributed by atoms with Crippen LogP contribution in [-0.4, -0.2) is 22.2 Å². The van der Waals surface area contributed by atoms with Gasteiger partial charge in [0.05, 0.1) is 0 Å². The predicted molar refractivity (Wildman–Crippen MR) is 73.1 cm³/mol. The van der Waals surface area contributed by atoms with Crippen LogP contribution in [0.4, 0.5) is 13.9 Å². The summed E-state index contributed by atoms with van der Waals surface area (Å²) in [7, 11) is 0. The summed E-state index contributed by atoms with van der Waals surface area (Å²) >= 11 is 6.50. The number of anilines is 1. The lowest BCUT2D eigenvalue weighted by Crippen LogP contribution is -2.31. The number of nitrogens with zero attached hydrogens (tertiary/aromatic N) is 2. The van der Waals surface area contributed by atoms with Gasteiger partial charge in [0.2, 0.25) is 5.13 Å². The van der Waals surface area contributed by atoms with E-state index >= 15 is 0 Å². The van der Waals surface area contributed by atoms with Gasteiger partial charge in [-0.1, -0.05) is 22.9 Å². The maximum Gasteiger partial charge on any atom is 0.291 e. The van der Waals surface area contributed by atoms with E-state index in [-0.39, 0.29) is 5.13 Å². The molecule has 1 aromatic heterocycles. The molecule has 2 heterocycles. The first kappa shape index (κ1) is 14.2. The largest absolute Gasteiger partial charge is 0.480 e. The van der Waals surface area contributed by atoms with Crippen LogP contribution in [0.5, 0.6) is 5.75 Å². The predicted octanol–water partition coefficient (Wildman–Crippen LogP) is 3.07. The fraction of sp³-hybridized carbons (Fsp3) is 0.250. The van der Waals surface area contributed by atoms with Gasteiger partial charge < -0.3 is 4.74 Å². The molecule has 0 aliphatic carbocycles. The Labute approximate surface area is 126 Å². The van der Waals surface area contributed by atoms with Crippen molar-refractivity contribution in [3.05, 3.63) is 33.8 Å². The Hall–Kier alpha value is -1.80. The van der Waals surface area contributed by atoms with Gasteiger partial charge in [0.15, 0.2) is 11.1 Å². The normalized spacial score (nSPS) is 16.7. The van der Waals surface area contributed by atoms with Crippen molar-refractivity contribution in [2.75, 3.05) is 5.32 Å². The van der Waals surface area contributed by atoms with Crippen molar-refractivity contribution in [3.8, 4) is 5.75 Å². The van der Waals surface area contributed by atoms with Crippen LogP contribution in [-0.2, 0) is 11.2 Å². The molecule has 0 radical (unpaired) electrons. The van der Waals surface area contributed by atoms with Crippen molar-refractivity contribution in [2.24, 2.45) is 0 Å². The summed E-state index contributed by atoms with van der Waals surface area (Å²) in [6.45, 7) is 0. The van der Waals surface area contributed by atoms with Crippen molar-refractivity contribution < 1.29 is 18.3 Å². The summed E-state index contributed by atoms with van der Waals surface area (Å²) in [6.07, 6.45) is -3.08. The number of carbonyl (C=O) groups is 1. The Morgan fingerprint density at radius 3 is 3.00 bits per heavy atom. The number of amides is 1. The smallest absolute Gasteiger partial charge is 0.291 e. The van der Waals surface area contributed by atoms with Crippen LogP contribution in [0.25, 0.3) is 0 Å². The maximum absolute atomic E-state index is 12.4. The van der Waals surface area contributed by atoms with E-state index in [1.54, 1.807) is 18.2 Å². The number of alkyl halides is 2. The van der Waals surface area contributed by atoms with E-state index in [0.29, 0.717) is 28.5 Å². The number of carbonyl (C=O) groups excluding carboxylic acids is 1. The molecule has 1 atom stereocenters. The van der Waals surface area contributed by atoms with Gasteiger partial charge in [-0.2, -0.15) is 0 Å². The highest BCUT2D eigenvalue weighted by molar-refractivity contribution is 7.15. The number of nitrogens with one attached hydrogen (secondary N) is 1. The molecule has 1 aliphatic heterocycles. The molecular weight excluding hydrogens is 324 g/mol. The van der Waals surface area contributed by atoms with Crippen LogP contribution >= 0.6 is 22.9 Å². The number of rotatable bonds is 3. The van der Waals surface area contributed by atoms with Gasteiger partial charge in [-0.25, -0.2) is 8.78 Å². The second-order valence-electron chi connectivity index (χ2n) is 4.30. The lowest BCUT2D eigenvalue weighted by molar-refractivity contribution is -0.122. The number of halogens is 3. The zero-order valence-corrected chi connectivity index (χ0v) is 11.9. The summed E-state index contributed by atoms with van der Waals surface area (Å²) in [4.78, 5) is 12.0. The number of fused-ring (bicyclic) bond motifs is 1. The molecule has 0 saturated carbocycles. The van der Waals surface area contributed by atoms with Crippen molar-refractivity contribution in [1.82, 2.24) is 10.2 Å². The average Bonchev–Trinajstić information content (AvgIpc) is 3.04. The molecule has 9 heteroatoms. The summed E-state index contributed by atoms with van der Waals surface area (Å²) in [5.74, 6) is 0.129. The first-order valence-electron chi connectivity index (χ1n) is 5.90. The van der Waals surface area contributed by atoms with Crippen molar-refractivity contribution in [2.45, 2.75) is 19.0 Å². The molecule has 1 N–H and O–H groups in total. The molecule has 0 spiro atoms. The van der Waals surface area contributed by atoms with Gasteiger partial charge in [0, 0.05) is 11.4 Å².